The topological polar surface area (TPSA) is 22.1 Å². The molecule has 2 spiro atoms. The van der Waals surface area contributed by atoms with E-state index < -0.39 is 0 Å². The van der Waals surface area contributed by atoms with Gasteiger partial charge in [-0.15, -0.1) is 0 Å². The first-order valence-electron chi connectivity index (χ1n) is 12.8. The van der Waals surface area contributed by atoms with Gasteiger partial charge in [0.1, 0.15) is 0 Å². The normalized spacial score (nSPS) is 41.5. The molecule has 1 saturated heterocycles. The molecule has 3 aliphatic carbocycles. The standard InChI is InChI=1S/C30H35NO/c1-27(2)11-8-23-17-24-9-12-28(3)25(21-5-4-20-10-15-31-18-22(20)16-21)6-7-26(28)30(24)14-13-29(23,19-27)32-30/h4-5,9-10,15-18,25-26H,6-8,11-14,19H2,1-3H3/t25?,26-,28?,29-,30-/m1/s1. The number of fused-ring (bicyclic) bond motifs is 2. The van der Waals surface area contributed by atoms with Crippen LogP contribution in [0.4, 0.5) is 0 Å². The van der Waals surface area contributed by atoms with Crippen molar-refractivity contribution in [3.63, 3.8) is 0 Å². The summed E-state index contributed by atoms with van der Waals surface area (Å²) in [6.07, 6.45) is 19.0. The summed E-state index contributed by atoms with van der Waals surface area (Å²) >= 11 is 0. The number of benzene rings is 1. The Morgan fingerprint density at radius 2 is 1.91 bits per heavy atom. The highest BCUT2D eigenvalue weighted by molar-refractivity contribution is 5.82. The molecule has 0 radical (unpaired) electrons. The zero-order valence-corrected chi connectivity index (χ0v) is 19.8. The molecule has 2 heteroatoms. The molecule has 1 aromatic carbocycles. The van der Waals surface area contributed by atoms with E-state index in [9.17, 15) is 0 Å². The Morgan fingerprint density at radius 1 is 1.00 bits per heavy atom. The van der Waals surface area contributed by atoms with E-state index in [0.717, 1.165) is 0 Å². The number of nitrogens with zero attached hydrogens (tertiary/aromatic N) is 1. The molecule has 32 heavy (non-hydrogen) atoms. The maximum atomic E-state index is 7.40. The van der Waals surface area contributed by atoms with Crippen LogP contribution in [0.1, 0.15) is 83.6 Å². The van der Waals surface area contributed by atoms with E-state index in [4.69, 9.17) is 4.74 Å². The predicted octanol–water partition coefficient (Wildman–Crippen LogP) is 7.50. The Bertz CT molecular complexity index is 1190. The Balaban J connectivity index is 1.30. The largest absolute Gasteiger partial charge is 0.359 e. The minimum atomic E-state index is -0.0446. The second kappa shape index (κ2) is 6.14. The van der Waals surface area contributed by atoms with Crippen LogP contribution >= 0.6 is 0 Å². The van der Waals surface area contributed by atoms with E-state index in [-0.39, 0.29) is 16.6 Å². The van der Waals surface area contributed by atoms with Crippen molar-refractivity contribution in [1.29, 1.82) is 0 Å². The van der Waals surface area contributed by atoms with Crippen LogP contribution in [0.5, 0.6) is 0 Å². The molecule has 3 heterocycles. The van der Waals surface area contributed by atoms with Gasteiger partial charge in [0.25, 0.3) is 0 Å². The van der Waals surface area contributed by atoms with Gasteiger partial charge in [0.2, 0.25) is 0 Å². The molecular weight excluding hydrogens is 390 g/mol. The molecule has 2 aromatic rings. The van der Waals surface area contributed by atoms with Crippen molar-refractivity contribution in [2.45, 2.75) is 89.3 Å². The second-order valence-electron chi connectivity index (χ2n) is 12.5. The number of ether oxygens (including phenoxy) is 1. The molecule has 0 amide bonds. The summed E-state index contributed by atoms with van der Waals surface area (Å²) in [5.74, 6) is 1.21. The van der Waals surface area contributed by atoms with Gasteiger partial charge in [0.15, 0.2) is 0 Å². The lowest BCUT2D eigenvalue weighted by Crippen LogP contribution is -2.54. The SMILES string of the molecule is CC1(C)CCC2=CC3=CCC4(C)C(c5ccc6ccncc6c5)CC[C@H]4[C@@]34CC[C@]2(C1)O4. The van der Waals surface area contributed by atoms with Crippen LogP contribution in [-0.4, -0.2) is 16.2 Å². The van der Waals surface area contributed by atoms with Crippen molar-refractivity contribution in [3.05, 3.63) is 65.5 Å². The number of hydrogen-bond donors (Lipinski definition) is 0. The summed E-state index contributed by atoms with van der Waals surface area (Å²) in [6, 6.07) is 9.22. The summed E-state index contributed by atoms with van der Waals surface area (Å²) in [5.41, 5.74) is 5.27. The van der Waals surface area contributed by atoms with E-state index in [2.05, 4.69) is 62.2 Å². The third kappa shape index (κ3) is 2.43. The smallest absolute Gasteiger partial charge is 0.0974 e. The van der Waals surface area contributed by atoms with Gasteiger partial charge in [0, 0.05) is 17.8 Å². The molecule has 2 bridgehead atoms. The zero-order chi connectivity index (χ0) is 21.8. The molecule has 2 unspecified atom stereocenters. The third-order valence-corrected chi connectivity index (χ3v) is 10.2. The van der Waals surface area contributed by atoms with Crippen LogP contribution in [0.2, 0.25) is 0 Å². The van der Waals surface area contributed by atoms with E-state index in [1.807, 2.05) is 12.4 Å². The van der Waals surface area contributed by atoms with Gasteiger partial charge in [0.05, 0.1) is 11.2 Å². The summed E-state index contributed by atoms with van der Waals surface area (Å²) in [6.45, 7) is 7.47. The molecule has 166 valence electrons. The number of pyridine rings is 1. The molecule has 5 atom stereocenters. The fourth-order valence-corrected chi connectivity index (χ4v) is 8.74. The van der Waals surface area contributed by atoms with Crippen molar-refractivity contribution in [2.75, 3.05) is 0 Å². The number of aromatic nitrogens is 1. The van der Waals surface area contributed by atoms with Gasteiger partial charge < -0.3 is 4.74 Å². The number of allylic oxidation sites excluding steroid dienone is 1. The summed E-state index contributed by atoms with van der Waals surface area (Å²) < 4.78 is 7.40. The van der Waals surface area contributed by atoms with Gasteiger partial charge in [-0.2, -0.15) is 0 Å². The number of rotatable bonds is 1. The first-order chi connectivity index (χ1) is 15.3. The Hall–Kier alpha value is -1.93. The minimum Gasteiger partial charge on any atom is -0.359 e. The molecule has 2 nitrogen and oxygen atoms in total. The average Bonchev–Trinajstić information content (AvgIpc) is 3.28. The van der Waals surface area contributed by atoms with Gasteiger partial charge in [-0.05, 0) is 108 Å². The minimum absolute atomic E-state index is 0.0179. The Labute approximate surface area is 192 Å². The highest BCUT2D eigenvalue weighted by Gasteiger charge is 2.66. The van der Waals surface area contributed by atoms with Crippen LogP contribution < -0.4 is 0 Å². The van der Waals surface area contributed by atoms with Crippen molar-refractivity contribution < 1.29 is 4.74 Å². The van der Waals surface area contributed by atoms with Crippen molar-refractivity contribution in [1.82, 2.24) is 4.98 Å². The first-order valence-corrected chi connectivity index (χ1v) is 12.8. The van der Waals surface area contributed by atoms with Crippen LogP contribution in [0, 0.1) is 16.7 Å². The fourth-order valence-electron chi connectivity index (χ4n) is 8.74. The maximum Gasteiger partial charge on any atom is 0.0974 e. The van der Waals surface area contributed by atoms with Crippen LogP contribution in [0.15, 0.2) is 60.0 Å². The molecule has 2 aliphatic heterocycles. The maximum absolute atomic E-state index is 7.40. The molecule has 2 saturated carbocycles. The Kier molecular flexibility index (Phi) is 3.75. The fraction of sp³-hybridized carbons (Fsp3) is 0.567. The lowest BCUT2D eigenvalue weighted by atomic mass is 9.58. The van der Waals surface area contributed by atoms with Crippen LogP contribution in [0.25, 0.3) is 10.8 Å². The number of hydrogen-bond acceptors (Lipinski definition) is 2. The van der Waals surface area contributed by atoms with Crippen molar-refractivity contribution in [2.24, 2.45) is 16.7 Å². The Morgan fingerprint density at radius 3 is 2.81 bits per heavy atom. The average molecular weight is 426 g/mol. The highest BCUT2D eigenvalue weighted by Crippen LogP contribution is 2.70. The van der Waals surface area contributed by atoms with Crippen molar-refractivity contribution >= 4 is 10.8 Å². The molecular formula is C30H35NO. The van der Waals surface area contributed by atoms with Gasteiger partial charge >= 0.3 is 0 Å². The first kappa shape index (κ1) is 19.5. The summed E-state index contributed by atoms with van der Waals surface area (Å²) in [5, 5.41) is 2.56. The summed E-state index contributed by atoms with van der Waals surface area (Å²) in [4.78, 5) is 4.38. The zero-order valence-electron chi connectivity index (χ0n) is 19.8. The molecule has 7 rings (SSSR count). The van der Waals surface area contributed by atoms with Crippen LogP contribution in [-0.2, 0) is 4.74 Å². The monoisotopic (exact) mass is 425 g/mol. The quantitative estimate of drug-likeness (QED) is 0.472. The highest BCUT2D eigenvalue weighted by atomic mass is 16.5. The van der Waals surface area contributed by atoms with E-state index >= 15 is 0 Å². The van der Waals surface area contributed by atoms with E-state index in [1.165, 1.54) is 73.3 Å². The van der Waals surface area contributed by atoms with E-state index in [1.54, 1.807) is 5.57 Å². The molecule has 0 N–H and O–H groups in total. The predicted molar refractivity (Wildman–Crippen MR) is 130 cm³/mol. The van der Waals surface area contributed by atoms with Gasteiger partial charge in [-0.25, -0.2) is 0 Å². The lowest BCUT2D eigenvalue weighted by molar-refractivity contribution is -0.145. The van der Waals surface area contributed by atoms with Gasteiger partial charge in [-0.3, -0.25) is 4.98 Å². The second-order valence-corrected chi connectivity index (χ2v) is 12.5. The van der Waals surface area contributed by atoms with E-state index in [0.29, 0.717) is 17.3 Å². The lowest BCUT2D eigenvalue weighted by Gasteiger charge is -2.55. The van der Waals surface area contributed by atoms with Gasteiger partial charge in [-0.1, -0.05) is 45.1 Å². The van der Waals surface area contributed by atoms with Crippen LogP contribution in [0.3, 0.4) is 0 Å². The molecule has 5 aliphatic rings. The molecule has 3 fully saturated rings. The molecule has 1 aromatic heterocycles. The summed E-state index contributed by atoms with van der Waals surface area (Å²) in [7, 11) is 0. The van der Waals surface area contributed by atoms with Crippen molar-refractivity contribution in [3.8, 4) is 0 Å². The third-order valence-electron chi connectivity index (χ3n) is 10.2.